The van der Waals surface area contributed by atoms with E-state index in [9.17, 15) is 9.59 Å². The zero-order chi connectivity index (χ0) is 19.1. The lowest BCUT2D eigenvalue weighted by atomic mass is 10.1. The molecule has 138 valence electrons. The second-order valence-corrected chi connectivity index (χ2v) is 6.93. The first-order chi connectivity index (χ1) is 12.4. The maximum Gasteiger partial charge on any atom is 0.344 e. The predicted octanol–water partition coefficient (Wildman–Crippen LogP) is 4.21. The molecule has 0 aliphatic carbocycles. The highest BCUT2D eigenvalue weighted by Gasteiger charge is 2.14. The van der Waals surface area contributed by atoms with Gasteiger partial charge in [0, 0.05) is 9.50 Å². The minimum absolute atomic E-state index is 0.218. The highest BCUT2D eigenvalue weighted by Crippen LogP contribution is 2.23. The zero-order valence-corrected chi connectivity index (χ0v) is 16.8. The molecule has 2 aromatic carbocycles. The molecule has 0 radical (unpaired) electrons. The normalized spacial score (nSPS) is 11.5. The Morgan fingerprint density at radius 3 is 2.62 bits per heavy atom. The molecule has 0 saturated carbocycles. The van der Waals surface area contributed by atoms with Crippen LogP contribution in [0, 0.1) is 6.92 Å². The fraction of sp³-hybridized carbons (Fsp3) is 0.263. The summed E-state index contributed by atoms with van der Waals surface area (Å²) in [6.07, 6.45) is 0. The minimum Gasteiger partial charge on any atom is -0.482 e. The van der Waals surface area contributed by atoms with Crippen LogP contribution in [0.2, 0.25) is 5.02 Å². The number of aryl methyl sites for hydroxylation is 1. The van der Waals surface area contributed by atoms with Gasteiger partial charge >= 0.3 is 5.97 Å². The number of halogens is 2. The van der Waals surface area contributed by atoms with Crippen LogP contribution in [0.1, 0.15) is 24.1 Å². The second kappa shape index (κ2) is 9.59. The monoisotopic (exact) mass is 439 g/mol. The number of ether oxygens (including phenoxy) is 2. The third kappa shape index (κ3) is 6.04. The molecule has 2 aromatic rings. The first kappa shape index (κ1) is 20.3. The Labute approximate surface area is 165 Å². The van der Waals surface area contributed by atoms with E-state index in [4.69, 9.17) is 21.1 Å². The summed E-state index contributed by atoms with van der Waals surface area (Å²) in [6.45, 7) is 3.04. The van der Waals surface area contributed by atoms with Crippen molar-refractivity contribution < 1.29 is 19.1 Å². The van der Waals surface area contributed by atoms with E-state index in [1.165, 1.54) is 0 Å². The molecular formula is C19H19BrClNO4. The number of esters is 1. The number of amides is 1. The van der Waals surface area contributed by atoms with E-state index in [2.05, 4.69) is 21.2 Å². The number of nitrogens with one attached hydrogen (secondary N) is 1. The van der Waals surface area contributed by atoms with Gasteiger partial charge in [-0.25, -0.2) is 4.79 Å². The molecule has 1 N–H and O–H groups in total. The van der Waals surface area contributed by atoms with E-state index in [-0.39, 0.29) is 25.2 Å². The molecular weight excluding hydrogens is 422 g/mol. The van der Waals surface area contributed by atoms with Crippen LogP contribution in [-0.2, 0) is 14.3 Å². The molecule has 5 nitrogen and oxygen atoms in total. The predicted molar refractivity (Wildman–Crippen MR) is 103 cm³/mol. The van der Waals surface area contributed by atoms with Crippen molar-refractivity contribution in [3.05, 3.63) is 63.1 Å². The molecule has 1 atom stereocenters. The van der Waals surface area contributed by atoms with Crippen molar-refractivity contribution >= 4 is 39.4 Å². The number of hydrogen-bond donors (Lipinski definition) is 1. The molecule has 0 aliphatic heterocycles. The Kier molecular flexibility index (Phi) is 7.48. The van der Waals surface area contributed by atoms with E-state index in [0.29, 0.717) is 10.8 Å². The maximum atomic E-state index is 11.9. The summed E-state index contributed by atoms with van der Waals surface area (Å²) in [4.78, 5) is 23.7. The van der Waals surface area contributed by atoms with Crippen molar-refractivity contribution in [1.29, 1.82) is 0 Å². The fourth-order valence-corrected chi connectivity index (χ4v) is 2.97. The molecule has 1 unspecified atom stereocenters. The highest BCUT2D eigenvalue weighted by atomic mass is 79.9. The molecule has 0 bridgehead atoms. The summed E-state index contributed by atoms with van der Waals surface area (Å²) in [5.41, 5.74) is 1.78. The van der Waals surface area contributed by atoms with Crippen LogP contribution in [0.15, 0.2) is 46.9 Å². The van der Waals surface area contributed by atoms with Crippen LogP contribution >= 0.6 is 27.5 Å². The van der Waals surface area contributed by atoms with Crippen molar-refractivity contribution in [2.75, 3.05) is 13.2 Å². The Hall–Kier alpha value is -2.05. The summed E-state index contributed by atoms with van der Waals surface area (Å²) in [5.74, 6) is -0.499. The van der Waals surface area contributed by atoms with E-state index in [1.54, 1.807) is 18.2 Å². The molecule has 0 aliphatic rings. The molecule has 0 spiro atoms. The quantitative estimate of drug-likeness (QED) is 0.655. The lowest BCUT2D eigenvalue weighted by Gasteiger charge is -2.16. The molecule has 0 aromatic heterocycles. The van der Waals surface area contributed by atoms with Crippen molar-refractivity contribution in [3.63, 3.8) is 0 Å². The summed E-state index contributed by atoms with van der Waals surface area (Å²) in [6, 6.07) is 12.4. The topological polar surface area (TPSA) is 64.6 Å². The Morgan fingerprint density at radius 2 is 1.92 bits per heavy atom. The smallest absolute Gasteiger partial charge is 0.344 e. The van der Waals surface area contributed by atoms with Gasteiger partial charge in [-0.05, 0) is 49.2 Å². The van der Waals surface area contributed by atoms with Gasteiger partial charge in [0.15, 0.2) is 13.2 Å². The summed E-state index contributed by atoms with van der Waals surface area (Å²) >= 11 is 9.37. The molecule has 0 heterocycles. The van der Waals surface area contributed by atoms with Crippen molar-refractivity contribution in [2.45, 2.75) is 19.9 Å². The zero-order valence-electron chi connectivity index (χ0n) is 14.4. The van der Waals surface area contributed by atoms with Crippen LogP contribution in [0.25, 0.3) is 0 Å². The molecule has 0 saturated heterocycles. The van der Waals surface area contributed by atoms with Crippen molar-refractivity contribution in [1.82, 2.24) is 5.32 Å². The van der Waals surface area contributed by atoms with Crippen molar-refractivity contribution in [2.24, 2.45) is 0 Å². The largest absolute Gasteiger partial charge is 0.482 e. The summed E-state index contributed by atoms with van der Waals surface area (Å²) in [7, 11) is 0. The Bertz CT molecular complexity index is 797. The average Bonchev–Trinajstić information content (AvgIpc) is 2.61. The fourth-order valence-electron chi connectivity index (χ4n) is 2.22. The number of rotatable bonds is 7. The van der Waals surface area contributed by atoms with E-state index in [1.807, 2.05) is 38.1 Å². The first-order valence-corrected chi connectivity index (χ1v) is 9.12. The summed E-state index contributed by atoms with van der Waals surface area (Å²) in [5, 5.41) is 3.40. The number of carbonyl (C=O) groups is 2. The van der Waals surface area contributed by atoms with Crippen LogP contribution in [-0.4, -0.2) is 25.1 Å². The van der Waals surface area contributed by atoms with Crippen molar-refractivity contribution in [3.8, 4) is 5.75 Å². The van der Waals surface area contributed by atoms with Gasteiger partial charge in [0.25, 0.3) is 5.91 Å². The number of carbonyl (C=O) groups excluding carboxylic acids is 2. The first-order valence-electron chi connectivity index (χ1n) is 7.95. The Morgan fingerprint density at radius 1 is 1.19 bits per heavy atom. The number of benzene rings is 2. The summed E-state index contributed by atoms with van der Waals surface area (Å²) < 4.78 is 11.2. The molecule has 0 fully saturated rings. The van der Waals surface area contributed by atoms with Gasteiger partial charge in [-0.15, -0.1) is 0 Å². The van der Waals surface area contributed by atoms with E-state index < -0.39 is 5.97 Å². The number of hydrogen-bond acceptors (Lipinski definition) is 4. The Balaban J connectivity index is 1.75. The van der Waals surface area contributed by atoms with Crippen LogP contribution in [0.3, 0.4) is 0 Å². The molecule has 26 heavy (non-hydrogen) atoms. The lowest BCUT2D eigenvalue weighted by Crippen LogP contribution is -2.32. The SMILES string of the molecule is Cc1cc(OCC(=O)OCC(=O)NC(C)c2ccccc2Br)ccc1Cl. The molecule has 1 amide bonds. The van der Waals surface area contributed by atoms with Crippen LogP contribution in [0.5, 0.6) is 5.75 Å². The van der Waals surface area contributed by atoms with Crippen LogP contribution in [0.4, 0.5) is 0 Å². The third-order valence-electron chi connectivity index (χ3n) is 3.60. The third-order valence-corrected chi connectivity index (χ3v) is 4.75. The van der Waals surface area contributed by atoms with Gasteiger partial charge in [0.1, 0.15) is 5.75 Å². The molecule has 2 rings (SSSR count). The van der Waals surface area contributed by atoms with Gasteiger partial charge < -0.3 is 14.8 Å². The van der Waals surface area contributed by atoms with E-state index >= 15 is 0 Å². The standard InChI is InChI=1S/C19H19BrClNO4/c1-12-9-14(7-8-17(12)21)25-11-19(24)26-10-18(23)22-13(2)15-5-3-4-6-16(15)20/h3-9,13H,10-11H2,1-2H3,(H,22,23). The average molecular weight is 441 g/mol. The van der Waals surface area contributed by atoms with Gasteiger partial charge in [0.05, 0.1) is 6.04 Å². The van der Waals surface area contributed by atoms with Gasteiger partial charge in [-0.2, -0.15) is 0 Å². The highest BCUT2D eigenvalue weighted by molar-refractivity contribution is 9.10. The van der Waals surface area contributed by atoms with Gasteiger partial charge in [0.2, 0.25) is 0 Å². The van der Waals surface area contributed by atoms with E-state index in [0.717, 1.165) is 15.6 Å². The maximum absolute atomic E-state index is 11.9. The molecule has 7 heteroatoms. The minimum atomic E-state index is -0.624. The van der Waals surface area contributed by atoms with Gasteiger partial charge in [-0.1, -0.05) is 45.7 Å². The van der Waals surface area contributed by atoms with Gasteiger partial charge in [-0.3, -0.25) is 4.79 Å². The van der Waals surface area contributed by atoms with Crippen LogP contribution < -0.4 is 10.1 Å². The second-order valence-electron chi connectivity index (χ2n) is 5.67. The lowest BCUT2D eigenvalue weighted by molar-refractivity contribution is -0.150.